The Hall–Kier alpha value is -3.02. The number of rotatable bonds is 4. The minimum atomic E-state index is -5.16. The Balaban J connectivity index is 3.04. The van der Waals surface area contributed by atoms with Crippen LogP contribution in [0.25, 0.3) is 11.1 Å². The molecule has 0 amide bonds. The number of aromatic amines is 1. The maximum atomic E-state index is 12.7. The highest BCUT2D eigenvalue weighted by atomic mass is 79.9. The van der Waals surface area contributed by atoms with Gasteiger partial charge in [-0.1, -0.05) is 22.0 Å². The molecule has 1 heterocycles. The lowest BCUT2D eigenvalue weighted by Crippen LogP contribution is -2.25. The lowest BCUT2D eigenvalue weighted by Gasteiger charge is -2.18. The van der Waals surface area contributed by atoms with Gasteiger partial charge in [-0.15, -0.1) is 13.2 Å². The van der Waals surface area contributed by atoms with E-state index in [9.17, 15) is 37.8 Å². The van der Waals surface area contributed by atoms with E-state index < -0.39 is 57.7 Å². The Morgan fingerprint density at radius 2 is 1.69 bits per heavy atom. The Morgan fingerprint density at radius 3 is 2.19 bits per heavy atom. The average molecular weight is 437 g/mol. The van der Waals surface area contributed by atoms with Crippen LogP contribution in [0, 0.1) is 0 Å². The van der Waals surface area contributed by atoms with Crippen molar-refractivity contribution in [3.05, 3.63) is 44.2 Å². The quantitative estimate of drug-likeness (QED) is 0.576. The van der Waals surface area contributed by atoms with E-state index in [0.29, 0.717) is 0 Å². The molecule has 12 heteroatoms. The Bertz CT molecular complexity index is 970. The lowest BCUT2D eigenvalue weighted by molar-refractivity contribution is -0.274. The molecule has 0 fully saturated rings. The van der Waals surface area contributed by atoms with Gasteiger partial charge in [0.25, 0.3) is 5.56 Å². The molecule has 26 heavy (non-hydrogen) atoms. The van der Waals surface area contributed by atoms with Crippen LogP contribution in [-0.2, 0) is 0 Å². The molecule has 0 spiro atoms. The molecule has 0 saturated carbocycles. The number of hydrogen-bond acceptors (Lipinski definition) is 5. The third-order valence-electron chi connectivity index (χ3n) is 3.12. The molecule has 2 rings (SSSR count). The third-order valence-corrected chi connectivity index (χ3v) is 3.78. The second-order valence-electron chi connectivity index (χ2n) is 4.76. The van der Waals surface area contributed by atoms with Gasteiger partial charge in [-0.3, -0.25) is 4.79 Å². The Labute approximate surface area is 150 Å². The Kier molecular flexibility index (Phi) is 4.98. The summed E-state index contributed by atoms with van der Waals surface area (Å²) in [6.07, 6.45) is -5.16. The van der Waals surface area contributed by atoms with E-state index in [1.165, 1.54) is 6.07 Å². The van der Waals surface area contributed by atoms with Gasteiger partial charge in [-0.05, 0) is 12.1 Å². The predicted octanol–water partition coefficient (Wildman–Crippen LogP) is 2.68. The largest absolute Gasteiger partial charge is 0.573 e. The van der Waals surface area contributed by atoms with Gasteiger partial charge in [0.15, 0.2) is 0 Å². The van der Waals surface area contributed by atoms with E-state index >= 15 is 0 Å². The zero-order valence-electron chi connectivity index (χ0n) is 12.3. The van der Waals surface area contributed by atoms with Crippen LogP contribution in [0.5, 0.6) is 5.75 Å². The molecule has 138 valence electrons. The van der Waals surface area contributed by atoms with E-state index in [4.69, 9.17) is 5.73 Å². The molecule has 0 aliphatic heterocycles. The molecule has 2 aromatic rings. The standard InChI is InChI=1S/C14H8BrF3N2O6/c15-4-2-1-3-5(26-14(16,17)18)6(4)7-8(12(22)23)10(19)20-11(21)9(7)13(24)25/h1-3H,(H,22,23)(H,24,25)(H3,19,20,21). The minimum absolute atomic E-state index is 0.144. The lowest BCUT2D eigenvalue weighted by atomic mass is 9.94. The van der Waals surface area contributed by atoms with E-state index in [2.05, 4.69) is 20.7 Å². The molecule has 1 aromatic heterocycles. The van der Waals surface area contributed by atoms with Gasteiger partial charge in [-0.2, -0.15) is 0 Å². The normalized spacial score (nSPS) is 11.2. The summed E-state index contributed by atoms with van der Waals surface area (Å²) in [5.74, 6) is -5.26. The number of H-pyrrole nitrogens is 1. The summed E-state index contributed by atoms with van der Waals surface area (Å²) < 4.78 is 41.8. The fraction of sp³-hybridized carbons (Fsp3) is 0.0714. The molecule has 0 unspecified atom stereocenters. The van der Waals surface area contributed by atoms with Gasteiger partial charge in [0.2, 0.25) is 0 Å². The van der Waals surface area contributed by atoms with Crippen molar-refractivity contribution >= 4 is 33.7 Å². The van der Waals surface area contributed by atoms with Crippen molar-refractivity contribution in [2.75, 3.05) is 5.73 Å². The van der Waals surface area contributed by atoms with Crippen molar-refractivity contribution in [1.82, 2.24) is 4.98 Å². The monoisotopic (exact) mass is 436 g/mol. The van der Waals surface area contributed by atoms with Crippen LogP contribution in [0.4, 0.5) is 19.0 Å². The number of carboxylic acid groups (broad SMARTS) is 2. The maximum absolute atomic E-state index is 12.7. The fourth-order valence-electron chi connectivity index (χ4n) is 2.25. The first kappa shape index (κ1) is 19.3. The van der Waals surface area contributed by atoms with Crippen LogP contribution in [0.3, 0.4) is 0 Å². The number of aromatic nitrogens is 1. The molecule has 0 atom stereocenters. The van der Waals surface area contributed by atoms with Gasteiger partial charge in [0, 0.05) is 15.6 Å². The predicted molar refractivity (Wildman–Crippen MR) is 85.2 cm³/mol. The summed E-state index contributed by atoms with van der Waals surface area (Å²) in [4.78, 5) is 36.8. The summed E-state index contributed by atoms with van der Waals surface area (Å²) in [7, 11) is 0. The molecular weight excluding hydrogens is 429 g/mol. The first-order valence-corrected chi connectivity index (χ1v) is 7.30. The number of halogens is 4. The van der Waals surface area contributed by atoms with Crippen molar-refractivity contribution < 1.29 is 37.7 Å². The van der Waals surface area contributed by atoms with Crippen molar-refractivity contribution in [2.24, 2.45) is 0 Å². The molecule has 1 aromatic carbocycles. The van der Waals surface area contributed by atoms with E-state index in [1.54, 1.807) is 0 Å². The van der Waals surface area contributed by atoms with Crippen molar-refractivity contribution in [1.29, 1.82) is 0 Å². The Morgan fingerprint density at radius 1 is 1.12 bits per heavy atom. The molecular formula is C14H8BrF3N2O6. The summed E-state index contributed by atoms with van der Waals surface area (Å²) in [5.41, 5.74) is 0.751. The molecule has 0 aliphatic rings. The van der Waals surface area contributed by atoms with Crippen LogP contribution >= 0.6 is 15.9 Å². The van der Waals surface area contributed by atoms with Gasteiger partial charge >= 0.3 is 18.3 Å². The molecule has 0 radical (unpaired) electrons. The number of pyridine rings is 1. The maximum Gasteiger partial charge on any atom is 0.573 e. The summed E-state index contributed by atoms with van der Waals surface area (Å²) in [6.45, 7) is 0. The highest BCUT2D eigenvalue weighted by Gasteiger charge is 2.35. The van der Waals surface area contributed by atoms with Crippen molar-refractivity contribution in [3.8, 4) is 16.9 Å². The number of ether oxygens (including phenoxy) is 1. The summed E-state index contributed by atoms with van der Waals surface area (Å²) in [5, 5.41) is 18.6. The highest BCUT2D eigenvalue weighted by molar-refractivity contribution is 9.10. The third kappa shape index (κ3) is 3.64. The molecule has 0 bridgehead atoms. The van der Waals surface area contributed by atoms with E-state index in [0.717, 1.165) is 12.1 Å². The van der Waals surface area contributed by atoms with Crippen LogP contribution in [-0.4, -0.2) is 33.5 Å². The zero-order chi connectivity index (χ0) is 19.8. The molecule has 5 N–H and O–H groups in total. The van der Waals surface area contributed by atoms with Gasteiger partial charge in [-0.25, -0.2) is 9.59 Å². The number of hydrogen-bond donors (Lipinski definition) is 4. The molecule has 0 saturated heterocycles. The van der Waals surface area contributed by atoms with Crippen molar-refractivity contribution in [2.45, 2.75) is 6.36 Å². The van der Waals surface area contributed by atoms with E-state index in [-0.39, 0.29) is 4.47 Å². The number of alkyl halides is 3. The second kappa shape index (κ2) is 6.71. The van der Waals surface area contributed by atoms with Crippen molar-refractivity contribution in [3.63, 3.8) is 0 Å². The van der Waals surface area contributed by atoms with Gasteiger partial charge in [0.1, 0.15) is 22.7 Å². The fourth-order valence-corrected chi connectivity index (χ4v) is 2.80. The number of carboxylic acids is 2. The van der Waals surface area contributed by atoms with Crippen LogP contribution < -0.4 is 16.0 Å². The molecule has 8 nitrogen and oxygen atoms in total. The second-order valence-corrected chi connectivity index (χ2v) is 5.62. The van der Waals surface area contributed by atoms with Gasteiger partial charge < -0.3 is 25.7 Å². The number of nitrogens with two attached hydrogens (primary N) is 1. The van der Waals surface area contributed by atoms with E-state index in [1.807, 2.05) is 4.98 Å². The number of anilines is 1. The number of nitrogens with one attached hydrogen (secondary N) is 1. The number of benzene rings is 1. The number of carbonyl (C=O) groups is 2. The number of aromatic carboxylic acids is 2. The zero-order valence-corrected chi connectivity index (χ0v) is 13.9. The van der Waals surface area contributed by atoms with Gasteiger partial charge in [0.05, 0.1) is 0 Å². The highest BCUT2D eigenvalue weighted by Crippen LogP contribution is 2.42. The summed E-state index contributed by atoms with van der Waals surface area (Å²) in [6, 6.07) is 3.20. The van der Waals surface area contributed by atoms with Crippen LogP contribution in [0.15, 0.2) is 27.5 Å². The molecule has 0 aliphatic carbocycles. The van der Waals surface area contributed by atoms with Crippen LogP contribution in [0.1, 0.15) is 20.7 Å². The smallest absolute Gasteiger partial charge is 0.478 e. The first-order valence-electron chi connectivity index (χ1n) is 6.51. The minimum Gasteiger partial charge on any atom is -0.478 e. The first-order chi connectivity index (χ1) is 11.9. The number of nitrogen functional groups attached to an aromatic ring is 1. The van der Waals surface area contributed by atoms with Crippen LogP contribution in [0.2, 0.25) is 0 Å². The topological polar surface area (TPSA) is 143 Å². The SMILES string of the molecule is Nc1[nH]c(=O)c(C(=O)O)c(-c2c(Br)cccc2OC(F)(F)F)c1C(=O)O. The average Bonchev–Trinajstić information content (AvgIpc) is 2.43. The summed E-state index contributed by atoms with van der Waals surface area (Å²) >= 11 is 2.92.